The van der Waals surface area contributed by atoms with Gasteiger partial charge in [-0.05, 0) is 63.3 Å². The molecule has 0 atom stereocenters. The summed E-state index contributed by atoms with van der Waals surface area (Å²) in [4.78, 5) is 4.88. The van der Waals surface area contributed by atoms with Crippen LogP contribution in [0.5, 0.6) is 5.75 Å². The van der Waals surface area contributed by atoms with Gasteiger partial charge in [-0.25, -0.2) is 0 Å². The van der Waals surface area contributed by atoms with Crippen LogP contribution in [0.15, 0.2) is 24.3 Å². The summed E-state index contributed by atoms with van der Waals surface area (Å²) in [5.74, 6) is 0.992. The summed E-state index contributed by atoms with van der Waals surface area (Å²) in [6, 6.07) is 8.57. The fourth-order valence-corrected chi connectivity index (χ4v) is 2.56. The minimum absolute atomic E-state index is 0.816. The third-order valence-corrected chi connectivity index (χ3v) is 4.26. The van der Waals surface area contributed by atoms with E-state index in [2.05, 4.69) is 61.8 Å². The second-order valence-corrected chi connectivity index (χ2v) is 5.69. The zero-order valence-corrected chi connectivity index (χ0v) is 15.0. The van der Waals surface area contributed by atoms with Crippen molar-refractivity contribution in [3.05, 3.63) is 29.8 Å². The minimum atomic E-state index is 0.816. The second-order valence-electron chi connectivity index (χ2n) is 5.69. The lowest BCUT2D eigenvalue weighted by Crippen LogP contribution is -2.24. The van der Waals surface area contributed by atoms with Crippen molar-refractivity contribution in [2.75, 3.05) is 39.3 Å². The van der Waals surface area contributed by atoms with Crippen LogP contribution < -0.4 is 4.74 Å². The molecule has 0 radical (unpaired) electrons. The largest absolute Gasteiger partial charge is 0.494 e. The number of benzene rings is 1. The topological polar surface area (TPSA) is 15.7 Å². The fraction of sp³-hybridized carbons (Fsp3) is 0.684. The van der Waals surface area contributed by atoms with Gasteiger partial charge in [0.2, 0.25) is 0 Å². The maximum atomic E-state index is 5.84. The smallest absolute Gasteiger partial charge is 0.119 e. The molecule has 3 heteroatoms. The third-order valence-electron chi connectivity index (χ3n) is 4.26. The van der Waals surface area contributed by atoms with Crippen LogP contribution in [0.4, 0.5) is 0 Å². The SMILES string of the molecule is CCN(CC)CCCCOc1ccc(CN(CC)CC)cc1. The minimum Gasteiger partial charge on any atom is -0.494 e. The van der Waals surface area contributed by atoms with Gasteiger partial charge in [-0.15, -0.1) is 0 Å². The predicted octanol–water partition coefficient (Wildman–Crippen LogP) is 4.03. The normalized spacial score (nSPS) is 11.4. The Morgan fingerprint density at radius 2 is 1.36 bits per heavy atom. The van der Waals surface area contributed by atoms with E-state index in [-0.39, 0.29) is 0 Å². The summed E-state index contributed by atoms with van der Waals surface area (Å²) >= 11 is 0. The average molecular weight is 306 g/mol. The molecule has 1 aromatic rings. The molecule has 0 aliphatic heterocycles. The van der Waals surface area contributed by atoms with Crippen molar-refractivity contribution >= 4 is 0 Å². The van der Waals surface area contributed by atoms with E-state index >= 15 is 0 Å². The van der Waals surface area contributed by atoms with Gasteiger partial charge in [-0.3, -0.25) is 4.90 Å². The highest BCUT2D eigenvalue weighted by Crippen LogP contribution is 2.14. The van der Waals surface area contributed by atoms with E-state index in [1.165, 1.54) is 18.5 Å². The van der Waals surface area contributed by atoms with Crippen molar-refractivity contribution in [3.8, 4) is 5.75 Å². The van der Waals surface area contributed by atoms with Crippen molar-refractivity contribution in [3.63, 3.8) is 0 Å². The van der Waals surface area contributed by atoms with Crippen molar-refractivity contribution in [1.82, 2.24) is 9.80 Å². The van der Waals surface area contributed by atoms with Crippen LogP contribution in [0.2, 0.25) is 0 Å². The highest BCUT2D eigenvalue weighted by Gasteiger charge is 2.02. The van der Waals surface area contributed by atoms with Crippen molar-refractivity contribution in [1.29, 1.82) is 0 Å². The Morgan fingerprint density at radius 3 is 1.91 bits per heavy atom. The Hall–Kier alpha value is -1.06. The van der Waals surface area contributed by atoms with Crippen LogP contribution in [0, 0.1) is 0 Å². The van der Waals surface area contributed by atoms with Gasteiger partial charge in [0.25, 0.3) is 0 Å². The van der Waals surface area contributed by atoms with Crippen LogP contribution in [0.3, 0.4) is 0 Å². The van der Waals surface area contributed by atoms with E-state index < -0.39 is 0 Å². The molecule has 1 aromatic carbocycles. The molecular weight excluding hydrogens is 272 g/mol. The van der Waals surface area contributed by atoms with Gasteiger partial charge < -0.3 is 9.64 Å². The molecule has 0 aliphatic carbocycles. The lowest BCUT2D eigenvalue weighted by molar-refractivity contribution is 0.266. The first-order chi connectivity index (χ1) is 10.7. The van der Waals surface area contributed by atoms with Crippen LogP contribution in [-0.2, 0) is 6.54 Å². The van der Waals surface area contributed by atoms with Gasteiger partial charge in [-0.2, -0.15) is 0 Å². The van der Waals surface area contributed by atoms with Gasteiger partial charge in [-0.1, -0.05) is 39.8 Å². The van der Waals surface area contributed by atoms with Crippen molar-refractivity contribution in [2.24, 2.45) is 0 Å². The Kier molecular flexibility index (Phi) is 9.93. The Morgan fingerprint density at radius 1 is 0.773 bits per heavy atom. The zero-order valence-electron chi connectivity index (χ0n) is 15.0. The molecule has 0 amide bonds. The maximum Gasteiger partial charge on any atom is 0.119 e. The van der Waals surface area contributed by atoms with Crippen LogP contribution >= 0.6 is 0 Å². The quantitative estimate of drug-likeness (QED) is 0.542. The number of rotatable bonds is 12. The van der Waals surface area contributed by atoms with E-state index in [1.807, 2.05) is 0 Å². The van der Waals surface area contributed by atoms with Crippen LogP contribution in [0.1, 0.15) is 46.1 Å². The van der Waals surface area contributed by atoms with E-state index in [0.717, 1.165) is 51.5 Å². The van der Waals surface area contributed by atoms with Gasteiger partial charge in [0, 0.05) is 6.54 Å². The van der Waals surface area contributed by atoms with E-state index in [9.17, 15) is 0 Å². The Balaban J connectivity index is 2.24. The maximum absolute atomic E-state index is 5.84. The van der Waals surface area contributed by atoms with Gasteiger partial charge >= 0.3 is 0 Å². The first-order valence-electron chi connectivity index (χ1n) is 8.89. The fourth-order valence-electron chi connectivity index (χ4n) is 2.56. The van der Waals surface area contributed by atoms with Gasteiger partial charge in [0.05, 0.1) is 6.61 Å². The molecule has 0 unspecified atom stereocenters. The highest BCUT2D eigenvalue weighted by atomic mass is 16.5. The van der Waals surface area contributed by atoms with Crippen molar-refractivity contribution in [2.45, 2.75) is 47.1 Å². The number of unbranched alkanes of at least 4 members (excludes halogenated alkanes) is 1. The molecule has 0 aromatic heterocycles. The second kappa shape index (κ2) is 11.5. The summed E-state index contributed by atoms with van der Waals surface area (Å²) in [6.45, 7) is 16.4. The van der Waals surface area contributed by atoms with Gasteiger partial charge in [0.1, 0.15) is 5.75 Å². The first kappa shape index (κ1) is 19.0. The zero-order chi connectivity index (χ0) is 16.2. The molecule has 0 aliphatic rings. The molecule has 0 heterocycles. The van der Waals surface area contributed by atoms with E-state index in [1.54, 1.807) is 0 Å². The molecule has 0 saturated carbocycles. The molecule has 22 heavy (non-hydrogen) atoms. The standard InChI is InChI=1S/C19H34N2O/c1-5-20(6-2)15-9-10-16-22-19-13-11-18(12-14-19)17-21(7-3)8-4/h11-14H,5-10,15-17H2,1-4H3. The molecule has 0 fully saturated rings. The van der Waals surface area contributed by atoms with E-state index in [4.69, 9.17) is 4.74 Å². The molecule has 0 saturated heterocycles. The predicted molar refractivity (Wildman–Crippen MR) is 95.6 cm³/mol. The molecule has 0 N–H and O–H groups in total. The first-order valence-corrected chi connectivity index (χ1v) is 8.89. The lowest BCUT2D eigenvalue weighted by Gasteiger charge is -2.18. The molecular formula is C19H34N2O. The molecule has 0 spiro atoms. The van der Waals surface area contributed by atoms with Crippen LogP contribution in [-0.4, -0.2) is 49.1 Å². The summed E-state index contributed by atoms with van der Waals surface area (Å²) in [5, 5.41) is 0. The number of ether oxygens (including phenoxy) is 1. The van der Waals surface area contributed by atoms with Gasteiger partial charge in [0.15, 0.2) is 0 Å². The summed E-state index contributed by atoms with van der Waals surface area (Å²) in [7, 11) is 0. The number of hydrogen-bond acceptors (Lipinski definition) is 3. The Bertz CT molecular complexity index is 370. The number of hydrogen-bond donors (Lipinski definition) is 0. The molecule has 3 nitrogen and oxygen atoms in total. The monoisotopic (exact) mass is 306 g/mol. The van der Waals surface area contributed by atoms with Crippen LogP contribution in [0.25, 0.3) is 0 Å². The molecule has 0 bridgehead atoms. The summed E-state index contributed by atoms with van der Waals surface area (Å²) in [5.41, 5.74) is 1.36. The van der Waals surface area contributed by atoms with Crippen molar-refractivity contribution < 1.29 is 4.74 Å². The summed E-state index contributed by atoms with van der Waals surface area (Å²) < 4.78 is 5.84. The average Bonchev–Trinajstić information content (AvgIpc) is 2.57. The molecule has 1 rings (SSSR count). The van der Waals surface area contributed by atoms with E-state index in [0.29, 0.717) is 0 Å². The Labute approximate surface area is 137 Å². The lowest BCUT2D eigenvalue weighted by atomic mass is 10.2. The molecule has 126 valence electrons. The summed E-state index contributed by atoms with van der Waals surface area (Å²) in [6.07, 6.45) is 2.33. The number of nitrogens with zero attached hydrogens (tertiary/aromatic N) is 2. The highest BCUT2D eigenvalue weighted by molar-refractivity contribution is 5.27. The third kappa shape index (κ3) is 7.28.